The van der Waals surface area contributed by atoms with Crippen molar-refractivity contribution in [3.63, 3.8) is 0 Å². The molecule has 1 aromatic heterocycles. The number of carbonyl (C=O) groups excluding carboxylic acids is 1. The number of aromatic nitrogens is 1. The number of hydrogen-bond donors (Lipinski definition) is 1. The zero-order chi connectivity index (χ0) is 20.5. The standard InChI is InChI=1S/C19H20ClN3O3S2/c1-4-23(5-2)28(25,26)16-11-13(9-10-14(16)20)18(24)22-19-21-17-12(3)7-6-8-15(17)27-19/h6-11H,4-5H2,1-3H3,(H,21,22,24). The van der Waals surface area contributed by atoms with Gasteiger partial charge in [-0.1, -0.05) is 48.9 Å². The van der Waals surface area contributed by atoms with Crippen LogP contribution >= 0.6 is 22.9 Å². The summed E-state index contributed by atoms with van der Waals surface area (Å²) >= 11 is 7.49. The lowest BCUT2D eigenvalue weighted by atomic mass is 10.2. The fourth-order valence-corrected chi connectivity index (χ4v) is 5.75. The number of amides is 1. The molecule has 28 heavy (non-hydrogen) atoms. The van der Waals surface area contributed by atoms with E-state index in [1.54, 1.807) is 13.8 Å². The Morgan fingerprint density at radius 1 is 1.21 bits per heavy atom. The van der Waals surface area contributed by atoms with Gasteiger partial charge in [0.2, 0.25) is 10.0 Å². The monoisotopic (exact) mass is 437 g/mol. The van der Waals surface area contributed by atoms with E-state index in [0.29, 0.717) is 18.2 Å². The average Bonchev–Trinajstić information content (AvgIpc) is 3.06. The summed E-state index contributed by atoms with van der Waals surface area (Å²) in [5.74, 6) is -0.440. The second-order valence-corrected chi connectivity index (χ2v) is 9.47. The molecule has 0 spiro atoms. The summed E-state index contributed by atoms with van der Waals surface area (Å²) in [6, 6.07) is 10.1. The Bertz CT molecular complexity index is 1140. The lowest BCUT2D eigenvalue weighted by Crippen LogP contribution is -2.31. The van der Waals surface area contributed by atoms with Crippen molar-refractivity contribution in [2.24, 2.45) is 0 Å². The number of fused-ring (bicyclic) bond motifs is 1. The summed E-state index contributed by atoms with van der Waals surface area (Å²) in [5.41, 5.74) is 2.06. The molecular formula is C19H20ClN3O3S2. The van der Waals surface area contributed by atoms with Crippen molar-refractivity contribution in [2.45, 2.75) is 25.7 Å². The van der Waals surface area contributed by atoms with Crippen LogP contribution in [0.3, 0.4) is 0 Å². The molecule has 3 aromatic rings. The molecule has 2 aromatic carbocycles. The molecule has 0 unspecified atom stereocenters. The SMILES string of the molecule is CCN(CC)S(=O)(=O)c1cc(C(=O)Nc2nc3c(C)cccc3s2)ccc1Cl. The van der Waals surface area contributed by atoms with Crippen molar-refractivity contribution in [3.05, 3.63) is 52.5 Å². The number of sulfonamides is 1. The largest absolute Gasteiger partial charge is 0.298 e. The minimum atomic E-state index is -3.78. The van der Waals surface area contributed by atoms with Crippen LogP contribution in [0.15, 0.2) is 41.3 Å². The number of para-hydroxylation sites is 1. The van der Waals surface area contributed by atoms with E-state index in [4.69, 9.17) is 11.6 Å². The van der Waals surface area contributed by atoms with Gasteiger partial charge in [0.25, 0.3) is 5.91 Å². The number of halogens is 1. The highest BCUT2D eigenvalue weighted by Crippen LogP contribution is 2.29. The van der Waals surface area contributed by atoms with Crippen LogP contribution in [0.2, 0.25) is 5.02 Å². The fraction of sp³-hybridized carbons (Fsp3) is 0.263. The number of anilines is 1. The van der Waals surface area contributed by atoms with Crippen LogP contribution in [0.1, 0.15) is 29.8 Å². The minimum absolute atomic E-state index is 0.0781. The predicted octanol–water partition coefficient (Wildman–Crippen LogP) is 4.54. The van der Waals surface area contributed by atoms with Crippen LogP contribution in [0.5, 0.6) is 0 Å². The molecule has 6 nitrogen and oxygen atoms in total. The van der Waals surface area contributed by atoms with Gasteiger partial charge < -0.3 is 0 Å². The summed E-state index contributed by atoms with van der Waals surface area (Å²) in [6.07, 6.45) is 0. The molecule has 0 aliphatic heterocycles. The van der Waals surface area contributed by atoms with Crippen molar-refractivity contribution in [1.82, 2.24) is 9.29 Å². The maximum atomic E-state index is 12.8. The van der Waals surface area contributed by atoms with Crippen LogP contribution in [0.4, 0.5) is 5.13 Å². The molecule has 1 amide bonds. The Kier molecular flexibility index (Phi) is 6.04. The second kappa shape index (κ2) is 8.16. The Balaban J connectivity index is 1.93. The number of thiazole rings is 1. The molecule has 0 bridgehead atoms. The predicted molar refractivity (Wildman–Crippen MR) is 114 cm³/mol. The molecule has 0 aliphatic rings. The van der Waals surface area contributed by atoms with Crippen molar-refractivity contribution in [1.29, 1.82) is 0 Å². The molecule has 148 valence electrons. The third-order valence-corrected chi connectivity index (χ3v) is 7.83. The van der Waals surface area contributed by atoms with E-state index in [9.17, 15) is 13.2 Å². The second-order valence-electron chi connectivity index (χ2n) is 6.13. The molecule has 0 radical (unpaired) electrons. The first-order valence-corrected chi connectivity index (χ1v) is 11.4. The van der Waals surface area contributed by atoms with E-state index in [1.807, 2.05) is 25.1 Å². The maximum Gasteiger partial charge on any atom is 0.257 e. The third-order valence-electron chi connectivity index (χ3n) is 4.36. The molecule has 0 atom stereocenters. The molecule has 0 fully saturated rings. The van der Waals surface area contributed by atoms with Gasteiger partial charge in [0.05, 0.1) is 15.2 Å². The van der Waals surface area contributed by atoms with E-state index >= 15 is 0 Å². The highest BCUT2D eigenvalue weighted by molar-refractivity contribution is 7.89. The first-order valence-electron chi connectivity index (χ1n) is 8.75. The van der Waals surface area contributed by atoms with Gasteiger partial charge in [-0.15, -0.1) is 0 Å². The van der Waals surface area contributed by atoms with E-state index in [0.717, 1.165) is 15.8 Å². The summed E-state index contributed by atoms with van der Waals surface area (Å²) in [7, 11) is -3.78. The van der Waals surface area contributed by atoms with Gasteiger partial charge in [-0.3, -0.25) is 10.1 Å². The molecule has 1 N–H and O–H groups in total. The topological polar surface area (TPSA) is 79.4 Å². The Morgan fingerprint density at radius 3 is 2.57 bits per heavy atom. The van der Waals surface area contributed by atoms with E-state index < -0.39 is 15.9 Å². The lowest BCUT2D eigenvalue weighted by molar-refractivity contribution is 0.102. The molecule has 1 heterocycles. The highest BCUT2D eigenvalue weighted by Gasteiger charge is 2.25. The number of hydrogen-bond acceptors (Lipinski definition) is 5. The first kappa shape index (κ1) is 20.7. The normalized spacial score (nSPS) is 11.9. The quantitative estimate of drug-likeness (QED) is 0.613. The third kappa shape index (κ3) is 3.91. The molecular weight excluding hydrogens is 418 g/mol. The highest BCUT2D eigenvalue weighted by atomic mass is 35.5. The number of rotatable bonds is 6. The molecule has 0 saturated heterocycles. The average molecular weight is 438 g/mol. The Labute approximate surface area is 173 Å². The fourth-order valence-electron chi connectivity index (χ4n) is 2.85. The van der Waals surface area contributed by atoms with E-state index in [1.165, 1.54) is 33.8 Å². The Hall–Kier alpha value is -2.00. The number of nitrogens with zero attached hydrogens (tertiary/aromatic N) is 2. The summed E-state index contributed by atoms with van der Waals surface area (Å²) in [6.45, 7) is 6.09. The van der Waals surface area contributed by atoms with Crippen LogP contribution < -0.4 is 5.32 Å². The number of carbonyl (C=O) groups is 1. The minimum Gasteiger partial charge on any atom is -0.298 e. The van der Waals surface area contributed by atoms with Crippen LogP contribution in [-0.2, 0) is 10.0 Å². The molecule has 0 saturated carbocycles. The van der Waals surface area contributed by atoms with Crippen LogP contribution in [-0.4, -0.2) is 36.7 Å². The number of nitrogens with one attached hydrogen (secondary N) is 1. The van der Waals surface area contributed by atoms with Crippen LogP contribution in [0, 0.1) is 6.92 Å². The van der Waals surface area contributed by atoms with Gasteiger partial charge in [0, 0.05) is 18.7 Å². The van der Waals surface area contributed by atoms with Gasteiger partial charge in [0.1, 0.15) is 4.90 Å². The van der Waals surface area contributed by atoms with Gasteiger partial charge in [-0.25, -0.2) is 13.4 Å². The van der Waals surface area contributed by atoms with Gasteiger partial charge in [0.15, 0.2) is 5.13 Å². The van der Waals surface area contributed by atoms with Crippen molar-refractivity contribution >= 4 is 54.2 Å². The van der Waals surface area contributed by atoms with Gasteiger partial charge in [-0.05, 0) is 36.8 Å². The Morgan fingerprint density at radius 2 is 1.93 bits per heavy atom. The number of benzene rings is 2. The molecule has 3 rings (SSSR count). The maximum absolute atomic E-state index is 12.8. The summed E-state index contributed by atoms with van der Waals surface area (Å²) in [5, 5.41) is 3.29. The zero-order valence-electron chi connectivity index (χ0n) is 15.7. The van der Waals surface area contributed by atoms with Crippen LogP contribution in [0.25, 0.3) is 10.2 Å². The molecule has 9 heteroatoms. The first-order chi connectivity index (χ1) is 13.3. The van der Waals surface area contributed by atoms with Crippen molar-refractivity contribution < 1.29 is 13.2 Å². The van der Waals surface area contributed by atoms with Gasteiger partial charge in [-0.2, -0.15) is 4.31 Å². The van der Waals surface area contributed by atoms with Crippen molar-refractivity contribution in [3.8, 4) is 0 Å². The summed E-state index contributed by atoms with van der Waals surface area (Å²) < 4.78 is 27.9. The van der Waals surface area contributed by atoms with E-state index in [-0.39, 0.29) is 15.5 Å². The van der Waals surface area contributed by atoms with E-state index in [2.05, 4.69) is 10.3 Å². The molecule has 0 aliphatic carbocycles. The number of aryl methyl sites for hydroxylation is 1. The zero-order valence-corrected chi connectivity index (χ0v) is 18.1. The van der Waals surface area contributed by atoms with Gasteiger partial charge >= 0.3 is 0 Å². The lowest BCUT2D eigenvalue weighted by Gasteiger charge is -2.19. The smallest absolute Gasteiger partial charge is 0.257 e. The van der Waals surface area contributed by atoms with Crippen molar-refractivity contribution in [2.75, 3.05) is 18.4 Å². The summed E-state index contributed by atoms with van der Waals surface area (Å²) in [4.78, 5) is 17.1.